The molecule has 0 fully saturated rings. The number of benzene rings is 2. The summed E-state index contributed by atoms with van der Waals surface area (Å²) in [6, 6.07) is 11.1. The standard InChI is InChI=1S/C21H19F3N4O5/c1-14-7-18(5-6-19(14)28(30)31)33-11-15-3-2-4-16(8-15)20(29)26-17-9-25-27(10-17)13-32-12-21(22,23)24/h2-10H,11-13H2,1H3,(H,26,29). The van der Waals surface area contributed by atoms with Gasteiger partial charge in [-0.2, -0.15) is 18.3 Å². The van der Waals surface area contributed by atoms with Gasteiger partial charge in [0.15, 0.2) is 0 Å². The molecule has 0 spiro atoms. The van der Waals surface area contributed by atoms with Crippen LogP contribution in [-0.2, 0) is 18.1 Å². The van der Waals surface area contributed by atoms with Crippen LogP contribution in [0, 0.1) is 17.0 Å². The first-order chi connectivity index (χ1) is 15.6. The number of nitrogens with zero attached hydrogens (tertiary/aromatic N) is 3. The lowest BCUT2D eigenvalue weighted by atomic mass is 10.1. The second kappa shape index (κ2) is 10.1. The van der Waals surface area contributed by atoms with Crippen molar-refractivity contribution in [2.75, 3.05) is 11.9 Å². The van der Waals surface area contributed by atoms with Crippen molar-refractivity contribution in [3.8, 4) is 5.75 Å². The van der Waals surface area contributed by atoms with E-state index in [1.807, 2.05) is 0 Å². The number of carbonyl (C=O) groups is 1. The molecular formula is C21H19F3N4O5. The summed E-state index contributed by atoms with van der Waals surface area (Å²) in [6.07, 6.45) is -1.80. The summed E-state index contributed by atoms with van der Waals surface area (Å²) in [5, 5.41) is 17.3. The number of carbonyl (C=O) groups excluding carboxylic acids is 1. The molecule has 1 N–H and O–H groups in total. The van der Waals surface area contributed by atoms with E-state index < -0.39 is 30.3 Å². The minimum Gasteiger partial charge on any atom is -0.489 e. The van der Waals surface area contributed by atoms with Gasteiger partial charge in [0.2, 0.25) is 0 Å². The number of hydrogen-bond donors (Lipinski definition) is 1. The third-order valence-electron chi connectivity index (χ3n) is 4.34. The van der Waals surface area contributed by atoms with Gasteiger partial charge in [-0.25, -0.2) is 4.68 Å². The maximum atomic E-state index is 12.5. The number of aryl methyl sites for hydroxylation is 1. The van der Waals surface area contributed by atoms with E-state index in [9.17, 15) is 28.1 Å². The first-order valence-corrected chi connectivity index (χ1v) is 9.56. The minimum atomic E-state index is -4.43. The van der Waals surface area contributed by atoms with Gasteiger partial charge in [-0.15, -0.1) is 0 Å². The maximum absolute atomic E-state index is 12.5. The van der Waals surface area contributed by atoms with Crippen LogP contribution in [0.2, 0.25) is 0 Å². The largest absolute Gasteiger partial charge is 0.489 e. The molecule has 33 heavy (non-hydrogen) atoms. The molecule has 0 saturated carbocycles. The molecule has 1 amide bonds. The molecule has 0 radical (unpaired) electrons. The van der Waals surface area contributed by atoms with E-state index in [0.717, 1.165) is 4.68 Å². The van der Waals surface area contributed by atoms with Gasteiger partial charge < -0.3 is 14.8 Å². The van der Waals surface area contributed by atoms with Gasteiger partial charge in [0.05, 0.1) is 23.0 Å². The molecule has 0 bridgehead atoms. The number of nitrogens with one attached hydrogen (secondary N) is 1. The van der Waals surface area contributed by atoms with Crippen molar-refractivity contribution in [1.82, 2.24) is 9.78 Å². The summed E-state index contributed by atoms with van der Waals surface area (Å²) in [5.74, 6) is 0.00639. The lowest BCUT2D eigenvalue weighted by molar-refractivity contribution is -0.385. The summed E-state index contributed by atoms with van der Waals surface area (Å²) in [6.45, 7) is -0.0689. The first-order valence-electron chi connectivity index (χ1n) is 9.56. The van der Waals surface area contributed by atoms with Crippen molar-refractivity contribution in [2.45, 2.75) is 26.4 Å². The molecule has 0 saturated heterocycles. The predicted molar refractivity (Wildman–Crippen MR) is 111 cm³/mol. The molecule has 0 aliphatic carbocycles. The topological polar surface area (TPSA) is 109 Å². The molecule has 9 nitrogen and oxygen atoms in total. The lowest BCUT2D eigenvalue weighted by Crippen LogP contribution is -2.18. The van der Waals surface area contributed by atoms with Gasteiger partial charge in [-0.3, -0.25) is 14.9 Å². The van der Waals surface area contributed by atoms with Gasteiger partial charge in [-0.05, 0) is 36.8 Å². The van der Waals surface area contributed by atoms with Crippen LogP contribution < -0.4 is 10.1 Å². The Morgan fingerprint density at radius 2 is 2.03 bits per heavy atom. The van der Waals surface area contributed by atoms with Gasteiger partial charge in [0.25, 0.3) is 11.6 Å². The van der Waals surface area contributed by atoms with Crippen molar-refractivity contribution in [3.63, 3.8) is 0 Å². The van der Waals surface area contributed by atoms with Gasteiger partial charge in [0.1, 0.15) is 25.7 Å². The fraction of sp³-hybridized carbons (Fsp3) is 0.238. The second-order valence-electron chi connectivity index (χ2n) is 7.01. The molecule has 0 aliphatic heterocycles. The Hall–Kier alpha value is -3.93. The lowest BCUT2D eigenvalue weighted by Gasteiger charge is -2.09. The normalized spacial score (nSPS) is 11.3. The number of hydrogen-bond acceptors (Lipinski definition) is 6. The molecule has 174 valence electrons. The molecule has 3 rings (SSSR count). The predicted octanol–water partition coefficient (Wildman–Crippen LogP) is 4.47. The number of ether oxygens (including phenoxy) is 2. The second-order valence-corrected chi connectivity index (χ2v) is 7.01. The van der Waals surface area contributed by atoms with Crippen LogP contribution in [0.1, 0.15) is 21.5 Å². The van der Waals surface area contributed by atoms with E-state index in [1.54, 1.807) is 37.3 Å². The van der Waals surface area contributed by atoms with Crippen LogP contribution in [0.3, 0.4) is 0 Å². The number of nitro benzene ring substituents is 1. The number of aromatic nitrogens is 2. The molecule has 0 unspecified atom stereocenters. The summed E-state index contributed by atoms with van der Waals surface area (Å²) >= 11 is 0. The van der Waals surface area contributed by atoms with E-state index in [1.165, 1.54) is 24.5 Å². The molecule has 3 aromatic rings. The van der Waals surface area contributed by atoms with Gasteiger partial charge in [-0.1, -0.05) is 12.1 Å². The number of amides is 1. The van der Waals surface area contributed by atoms with Crippen molar-refractivity contribution < 1.29 is 32.4 Å². The summed E-state index contributed by atoms with van der Waals surface area (Å²) in [4.78, 5) is 22.9. The molecule has 1 heterocycles. The number of nitro groups is 1. The average Bonchev–Trinajstić information content (AvgIpc) is 3.18. The van der Waals surface area contributed by atoms with E-state index in [4.69, 9.17) is 4.74 Å². The Morgan fingerprint density at radius 1 is 1.24 bits per heavy atom. The van der Waals surface area contributed by atoms with Crippen molar-refractivity contribution in [1.29, 1.82) is 0 Å². The van der Waals surface area contributed by atoms with E-state index in [-0.39, 0.29) is 12.3 Å². The Labute approximate surface area is 185 Å². The highest BCUT2D eigenvalue weighted by molar-refractivity contribution is 6.04. The number of anilines is 1. The molecule has 0 aliphatic rings. The van der Waals surface area contributed by atoms with E-state index >= 15 is 0 Å². The van der Waals surface area contributed by atoms with E-state index in [0.29, 0.717) is 28.1 Å². The Morgan fingerprint density at radius 3 is 2.73 bits per heavy atom. The molecule has 12 heteroatoms. The summed E-state index contributed by atoms with van der Waals surface area (Å²) < 4.78 is 47.7. The summed E-state index contributed by atoms with van der Waals surface area (Å²) in [7, 11) is 0. The fourth-order valence-corrected chi connectivity index (χ4v) is 2.85. The quantitative estimate of drug-likeness (QED) is 0.370. The highest BCUT2D eigenvalue weighted by Crippen LogP contribution is 2.24. The Balaban J connectivity index is 1.56. The smallest absolute Gasteiger partial charge is 0.411 e. The monoisotopic (exact) mass is 464 g/mol. The molecule has 2 aromatic carbocycles. The molecule has 0 atom stereocenters. The SMILES string of the molecule is Cc1cc(OCc2cccc(C(=O)Nc3cnn(COCC(F)(F)F)c3)c2)ccc1[N+](=O)[O-]. The van der Waals surface area contributed by atoms with Crippen molar-refractivity contribution in [3.05, 3.63) is 81.7 Å². The zero-order valence-corrected chi connectivity index (χ0v) is 17.3. The number of alkyl halides is 3. The van der Waals surface area contributed by atoms with Crippen molar-refractivity contribution >= 4 is 17.3 Å². The number of halogens is 3. The van der Waals surface area contributed by atoms with Crippen molar-refractivity contribution in [2.24, 2.45) is 0 Å². The summed E-state index contributed by atoms with van der Waals surface area (Å²) in [5.41, 5.74) is 1.77. The Bertz CT molecular complexity index is 1150. The van der Waals surface area contributed by atoms with Gasteiger partial charge >= 0.3 is 6.18 Å². The highest BCUT2D eigenvalue weighted by atomic mass is 19.4. The minimum absolute atomic E-state index is 0.00347. The van der Waals surface area contributed by atoms with Crippen LogP contribution in [0.5, 0.6) is 5.75 Å². The van der Waals surface area contributed by atoms with Crippen LogP contribution in [0.25, 0.3) is 0 Å². The fourth-order valence-electron chi connectivity index (χ4n) is 2.85. The Kier molecular flexibility index (Phi) is 7.28. The van der Waals surface area contributed by atoms with Crippen LogP contribution in [0.15, 0.2) is 54.9 Å². The van der Waals surface area contributed by atoms with Crippen LogP contribution in [-0.4, -0.2) is 33.4 Å². The number of rotatable bonds is 9. The maximum Gasteiger partial charge on any atom is 0.411 e. The molecular weight excluding hydrogens is 445 g/mol. The first kappa shape index (κ1) is 23.7. The van der Waals surface area contributed by atoms with Crippen LogP contribution >= 0.6 is 0 Å². The zero-order chi connectivity index (χ0) is 24.0. The highest BCUT2D eigenvalue weighted by Gasteiger charge is 2.27. The average molecular weight is 464 g/mol. The third-order valence-corrected chi connectivity index (χ3v) is 4.34. The third kappa shape index (κ3) is 7.04. The van der Waals surface area contributed by atoms with Gasteiger partial charge in [0, 0.05) is 17.2 Å². The zero-order valence-electron chi connectivity index (χ0n) is 17.3. The van der Waals surface area contributed by atoms with E-state index in [2.05, 4.69) is 15.2 Å². The van der Waals surface area contributed by atoms with Crippen LogP contribution in [0.4, 0.5) is 24.5 Å². The molecule has 1 aromatic heterocycles.